The van der Waals surface area contributed by atoms with Gasteiger partial charge in [0.15, 0.2) is 0 Å². The zero-order valence-electron chi connectivity index (χ0n) is 15.4. The summed E-state index contributed by atoms with van der Waals surface area (Å²) in [6, 6.07) is 22.6. The van der Waals surface area contributed by atoms with Crippen LogP contribution in [0.4, 0.5) is 5.69 Å². The smallest absolute Gasteiger partial charge is 0.255 e. The van der Waals surface area contributed by atoms with Crippen molar-refractivity contribution in [1.82, 2.24) is 5.32 Å². The van der Waals surface area contributed by atoms with E-state index in [2.05, 4.69) is 17.4 Å². The minimum Gasteiger partial charge on any atom is -0.340 e. The number of likely N-dealkylation sites (N-methyl/N-ethyl adjacent to an activating group) is 1. The summed E-state index contributed by atoms with van der Waals surface area (Å²) in [5.74, 6) is -0.495. The molecular weight excluding hydrogens is 372 g/mol. The first-order valence-electron chi connectivity index (χ1n) is 9.06. The van der Waals surface area contributed by atoms with Crippen molar-refractivity contribution < 1.29 is 9.59 Å². The van der Waals surface area contributed by atoms with Crippen LogP contribution in [0.5, 0.6) is 0 Å². The Bertz CT molecular complexity index is 1030. The van der Waals surface area contributed by atoms with Crippen molar-refractivity contribution in [2.75, 3.05) is 11.9 Å². The fourth-order valence-corrected chi connectivity index (χ4v) is 3.75. The number of carbonyl (C=O) groups excluding carboxylic acids is 2. The zero-order chi connectivity index (χ0) is 19.7. The summed E-state index contributed by atoms with van der Waals surface area (Å²) < 4.78 is 0. The van der Waals surface area contributed by atoms with E-state index in [1.54, 1.807) is 25.2 Å². The fraction of sp³-hybridized carbons (Fsp3) is 0.130. The highest BCUT2D eigenvalue weighted by Gasteiger charge is 2.33. The lowest BCUT2D eigenvalue weighted by Gasteiger charge is -2.21. The molecule has 0 spiro atoms. The van der Waals surface area contributed by atoms with Crippen LogP contribution in [-0.2, 0) is 11.2 Å². The SMILES string of the molecule is CN1C(=O)C(Cc2ccc(-c3ccccc3)cc2)NC(=O)c2c(Cl)cccc21. The molecule has 1 aliphatic heterocycles. The molecule has 28 heavy (non-hydrogen) atoms. The number of rotatable bonds is 3. The van der Waals surface area contributed by atoms with E-state index in [0.29, 0.717) is 22.7 Å². The summed E-state index contributed by atoms with van der Waals surface area (Å²) in [6.45, 7) is 0. The third kappa shape index (κ3) is 3.39. The van der Waals surface area contributed by atoms with Crippen LogP contribution in [0.15, 0.2) is 72.8 Å². The molecule has 3 aromatic carbocycles. The van der Waals surface area contributed by atoms with Crippen molar-refractivity contribution in [2.45, 2.75) is 12.5 Å². The van der Waals surface area contributed by atoms with Gasteiger partial charge in [-0.3, -0.25) is 9.59 Å². The largest absolute Gasteiger partial charge is 0.340 e. The number of hydrogen-bond donors (Lipinski definition) is 1. The molecule has 2 amide bonds. The van der Waals surface area contributed by atoms with E-state index in [1.807, 2.05) is 42.5 Å². The van der Waals surface area contributed by atoms with Gasteiger partial charge in [0.1, 0.15) is 6.04 Å². The lowest BCUT2D eigenvalue weighted by molar-refractivity contribution is -0.120. The molecule has 3 aromatic rings. The van der Waals surface area contributed by atoms with Crippen LogP contribution in [0.1, 0.15) is 15.9 Å². The Kier molecular flexibility index (Phi) is 4.88. The molecule has 0 aromatic heterocycles. The standard InChI is InChI=1S/C23H19ClN2O2/c1-26-20-9-5-8-18(24)21(20)22(27)25-19(23(26)28)14-15-10-12-17(13-11-15)16-6-3-2-4-7-16/h2-13,19H,14H2,1H3,(H,25,27). The number of halogens is 1. The normalized spacial score (nSPS) is 16.4. The van der Waals surface area contributed by atoms with Crippen LogP contribution in [0.3, 0.4) is 0 Å². The average Bonchev–Trinajstić information content (AvgIpc) is 2.81. The van der Waals surface area contributed by atoms with Crippen LogP contribution < -0.4 is 10.2 Å². The molecule has 1 N–H and O–H groups in total. The molecule has 0 radical (unpaired) electrons. The Labute approximate surface area is 168 Å². The van der Waals surface area contributed by atoms with Gasteiger partial charge >= 0.3 is 0 Å². The Morgan fingerprint density at radius 3 is 2.29 bits per heavy atom. The number of carbonyl (C=O) groups is 2. The minimum absolute atomic E-state index is 0.165. The van der Waals surface area contributed by atoms with Gasteiger partial charge in [-0.05, 0) is 28.8 Å². The Morgan fingerprint density at radius 2 is 1.57 bits per heavy atom. The van der Waals surface area contributed by atoms with E-state index in [-0.39, 0.29) is 11.8 Å². The van der Waals surface area contributed by atoms with Gasteiger partial charge in [0.05, 0.1) is 16.3 Å². The number of hydrogen-bond acceptors (Lipinski definition) is 2. The first-order chi connectivity index (χ1) is 13.5. The molecule has 4 nitrogen and oxygen atoms in total. The zero-order valence-corrected chi connectivity index (χ0v) is 16.1. The second kappa shape index (κ2) is 7.49. The van der Waals surface area contributed by atoms with Gasteiger partial charge in [-0.15, -0.1) is 0 Å². The second-order valence-electron chi connectivity index (χ2n) is 6.82. The Hall–Kier alpha value is -3.11. The van der Waals surface area contributed by atoms with Gasteiger partial charge in [0.25, 0.3) is 5.91 Å². The second-order valence-corrected chi connectivity index (χ2v) is 7.23. The Morgan fingerprint density at radius 1 is 0.893 bits per heavy atom. The maximum atomic E-state index is 12.9. The van der Waals surface area contributed by atoms with Crippen LogP contribution in [0.25, 0.3) is 11.1 Å². The maximum Gasteiger partial charge on any atom is 0.255 e. The third-order valence-corrected chi connectivity index (χ3v) is 5.33. The van der Waals surface area contributed by atoms with Crippen LogP contribution in [0.2, 0.25) is 5.02 Å². The van der Waals surface area contributed by atoms with E-state index in [9.17, 15) is 9.59 Å². The molecule has 1 heterocycles. The molecule has 1 unspecified atom stereocenters. The molecule has 1 aliphatic rings. The van der Waals surface area contributed by atoms with E-state index < -0.39 is 6.04 Å². The van der Waals surface area contributed by atoms with E-state index in [1.165, 1.54) is 4.90 Å². The van der Waals surface area contributed by atoms with Crippen molar-refractivity contribution in [3.05, 3.63) is 88.9 Å². The first-order valence-corrected chi connectivity index (χ1v) is 9.43. The van der Waals surface area contributed by atoms with Crippen LogP contribution in [0, 0.1) is 0 Å². The van der Waals surface area contributed by atoms with Gasteiger partial charge in [0, 0.05) is 13.5 Å². The highest BCUT2D eigenvalue weighted by molar-refractivity contribution is 6.35. The van der Waals surface area contributed by atoms with Crippen molar-refractivity contribution >= 4 is 29.1 Å². The number of fused-ring (bicyclic) bond motifs is 1. The molecule has 140 valence electrons. The monoisotopic (exact) mass is 390 g/mol. The molecule has 0 saturated carbocycles. The lowest BCUT2D eigenvalue weighted by atomic mass is 10.00. The predicted molar refractivity (Wildman–Crippen MR) is 112 cm³/mol. The van der Waals surface area contributed by atoms with E-state index >= 15 is 0 Å². The maximum absolute atomic E-state index is 12.9. The third-order valence-electron chi connectivity index (χ3n) is 5.01. The van der Waals surface area contributed by atoms with Crippen LogP contribution in [-0.4, -0.2) is 24.9 Å². The van der Waals surface area contributed by atoms with Crippen molar-refractivity contribution in [1.29, 1.82) is 0 Å². The summed E-state index contributed by atoms with van der Waals surface area (Å²) >= 11 is 6.21. The summed E-state index contributed by atoms with van der Waals surface area (Å²) in [5, 5.41) is 3.17. The molecule has 0 aliphatic carbocycles. The van der Waals surface area contributed by atoms with Crippen LogP contribution >= 0.6 is 11.6 Å². The van der Waals surface area contributed by atoms with Crippen molar-refractivity contribution in [2.24, 2.45) is 0 Å². The number of nitrogens with one attached hydrogen (secondary N) is 1. The van der Waals surface area contributed by atoms with E-state index in [0.717, 1.165) is 16.7 Å². The molecule has 5 heteroatoms. The van der Waals surface area contributed by atoms with Gasteiger partial charge in [-0.2, -0.15) is 0 Å². The first kappa shape index (κ1) is 18.3. The summed E-state index contributed by atoms with van der Waals surface area (Å²) in [4.78, 5) is 27.1. The number of benzene rings is 3. The van der Waals surface area contributed by atoms with Crippen molar-refractivity contribution in [3.8, 4) is 11.1 Å². The minimum atomic E-state index is -0.649. The van der Waals surface area contributed by atoms with E-state index in [4.69, 9.17) is 11.6 Å². The average molecular weight is 391 g/mol. The number of nitrogens with zero attached hydrogens (tertiary/aromatic N) is 1. The summed E-state index contributed by atoms with van der Waals surface area (Å²) in [7, 11) is 1.67. The van der Waals surface area contributed by atoms with Gasteiger partial charge in [0.2, 0.25) is 5.91 Å². The summed E-state index contributed by atoms with van der Waals surface area (Å²) in [6.07, 6.45) is 0.412. The molecule has 1 atom stereocenters. The fourth-order valence-electron chi connectivity index (χ4n) is 3.50. The lowest BCUT2D eigenvalue weighted by Crippen LogP contribution is -2.45. The van der Waals surface area contributed by atoms with Gasteiger partial charge in [-0.25, -0.2) is 0 Å². The molecule has 0 fully saturated rings. The number of anilines is 1. The predicted octanol–water partition coefficient (Wildman–Crippen LogP) is 4.32. The quantitative estimate of drug-likeness (QED) is 0.723. The molecule has 0 bridgehead atoms. The van der Waals surface area contributed by atoms with Gasteiger partial charge < -0.3 is 10.2 Å². The van der Waals surface area contributed by atoms with Crippen molar-refractivity contribution in [3.63, 3.8) is 0 Å². The highest BCUT2D eigenvalue weighted by atomic mass is 35.5. The summed E-state index contributed by atoms with van der Waals surface area (Å²) in [5.41, 5.74) is 4.08. The Balaban J connectivity index is 1.58. The molecule has 4 rings (SSSR count). The van der Waals surface area contributed by atoms with Gasteiger partial charge in [-0.1, -0.05) is 72.3 Å². The highest BCUT2D eigenvalue weighted by Crippen LogP contribution is 2.30. The number of amides is 2. The topological polar surface area (TPSA) is 49.4 Å². The molecular formula is C23H19ClN2O2. The molecule has 0 saturated heterocycles.